The zero-order valence-corrected chi connectivity index (χ0v) is 14.5. The molecule has 0 radical (unpaired) electrons. The number of furan rings is 1. The maximum absolute atomic E-state index is 11.7. The van der Waals surface area contributed by atoms with E-state index in [1.165, 1.54) is 0 Å². The number of amides is 1. The molecule has 0 unspecified atom stereocenters. The maximum Gasteiger partial charge on any atom is 0.407 e. The number of carbonyl (C=O) groups excluding carboxylic acids is 1. The van der Waals surface area contributed by atoms with E-state index in [-0.39, 0.29) is 24.9 Å². The molecule has 9 nitrogen and oxygen atoms in total. The molecule has 0 bridgehead atoms. The number of carbonyl (C=O) groups is 1. The van der Waals surface area contributed by atoms with Crippen molar-refractivity contribution in [1.29, 1.82) is 0 Å². The summed E-state index contributed by atoms with van der Waals surface area (Å²) in [5.41, 5.74) is 0.681. The first-order valence-corrected chi connectivity index (χ1v) is 8.66. The maximum atomic E-state index is 11.7. The molecule has 2 saturated heterocycles. The summed E-state index contributed by atoms with van der Waals surface area (Å²) in [4.78, 5) is 20.4. The molecule has 142 valence electrons. The topological polar surface area (TPSA) is 108 Å². The van der Waals surface area contributed by atoms with Gasteiger partial charge in [-0.25, -0.2) is 14.8 Å². The van der Waals surface area contributed by atoms with Crippen LogP contribution in [0.2, 0.25) is 0 Å². The fourth-order valence-corrected chi connectivity index (χ4v) is 3.18. The second-order valence-electron chi connectivity index (χ2n) is 6.20. The van der Waals surface area contributed by atoms with Gasteiger partial charge in [-0.05, 0) is 18.2 Å². The lowest BCUT2D eigenvalue weighted by molar-refractivity contribution is 0.00475. The third kappa shape index (κ3) is 3.79. The van der Waals surface area contributed by atoms with Gasteiger partial charge in [-0.1, -0.05) is 6.08 Å². The molecule has 0 spiro atoms. The number of nitrogens with one attached hydrogen (secondary N) is 2. The Morgan fingerprint density at radius 2 is 2.22 bits per heavy atom. The lowest BCUT2D eigenvalue weighted by Gasteiger charge is -2.18. The minimum atomic E-state index is -0.515. The summed E-state index contributed by atoms with van der Waals surface area (Å²) in [6.07, 6.45) is 3.28. The Morgan fingerprint density at radius 3 is 3.04 bits per heavy atom. The van der Waals surface area contributed by atoms with E-state index in [2.05, 4.69) is 27.2 Å². The van der Waals surface area contributed by atoms with Gasteiger partial charge in [0.1, 0.15) is 17.9 Å². The third-order valence-corrected chi connectivity index (χ3v) is 4.40. The van der Waals surface area contributed by atoms with Crippen LogP contribution in [-0.4, -0.2) is 60.2 Å². The molecule has 1 amide bonds. The number of aromatic nitrogens is 2. The normalized spacial score (nSPS) is 26.4. The second-order valence-corrected chi connectivity index (χ2v) is 6.20. The first-order chi connectivity index (χ1) is 13.2. The number of alkyl carbamates (subject to hydrolysis) is 1. The van der Waals surface area contributed by atoms with E-state index in [1.54, 1.807) is 30.7 Å². The van der Waals surface area contributed by atoms with Crippen molar-refractivity contribution >= 4 is 12.0 Å². The van der Waals surface area contributed by atoms with Gasteiger partial charge in [-0.15, -0.1) is 6.58 Å². The van der Waals surface area contributed by atoms with Crippen molar-refractivity contribution in [2.75, 3.05) is 25.1 Å². The van der Waals surface area contributed by atoms with Crippen molar-refractivity contribution < 1.29 is 23.4 Å². The van der Waals surface area contributed by atoms with Crippen molar-refractivity contribution in [2.24, 2.45) is 0 Å². The van der Waals surface area contributed by atoms with Gasteiger partial charge in [0, 0.05) is 12.7 Å². The fraction of sp³-hybridized carbons (Fsp3) is 0.389. The molecule has 0 aromatic carbocycles. The van der Waals surface area contributed by atoms with Crippen LogP contribution in [0.1, 0.15) is 0 Å². The molecule has 2 aromatic heterocycles. The Kier molecular flexibility index (Phi) is 5.03. The van der Waals surface area contributed by atoms with Crippen LogP contribution in [0.25, 0.3) is 11.5 Å². The molecule has 9 heteroatoms. The summed E-state index contributed by atoms with van der Waals surface area (Å²) in [5.74, 6) is 1.12. The highest BCUT2D eigenvalue weighted by atomic mass is 16.6. The first-order valence-electron chi connectivity index (χ1n) is 8.66. The van der Waals surface area contributed by atoms with Gasteiger partial charge >= 0.3 is 6.09 Å². The van der Waals surface area contributed by atoms with Gasteiger partial charge in [-0.2, -0.15) is 0 Å². The molecular formula is C18H20N4O5. The number of anilines is 1. The Balaban J connectivity index is 1.37. The molecule has 4 atom stereocenters. The number of ether oxygens (including phenoxy) is 3. The SMILES string of the molecule is C=CCNC(=O)O[C@H]1CO[C@@H]2[C@@H]1OC[C@@H]2Nc1nccc(-c2ccco2)n1. The predicted molar refractivity (Wildman–Crippen MR) is 95.1 cm³/mol. The zero-order chi connectivity index (χ0) is 18.6. The second kappa shape index (κ2) is 7.77. The summed E-state index contributed by atoms with van der Waals surface area (Å²) in [6.45, 7) is 4.57. The van der Waals surface area contributed by atoms with Crippen LogP contribution in [0, 0.1) is 0 Å². The van der Waals surface area contributed by atoms with Crippen LogP contribution < -0.4 is 10.6 Å². The molecule has 4 heterocycles. The van der Waals surface area contributed by atoms with Crippen LogP contribution in [-0.2, 0) is 14.2 Å². The van der Waals surface area contributed by atoms with Crippen LogP contribution >= 0.6 is 0 Å². The zero-order valence-electron chi connectivity index (χ0n) is 14.5. The highest BCUT2D eigenvalue weighted by Crippen LogP contribution is 2.30. The summed E-state index contributed by atoms with van der Waals surface area (Å²) >= 11 is 0. The molecule has 0 saturated carbocycles. The third-order valence-electron chi connectivity index (χ3n) is 4.40. The highest BCUT2D eigenvalue weighted by molar-refractivity contribution is 5.67. The minimum absolute atomic E-state index is 0.147. The number of hydrogen-bond acceptors (Lipinski definition) is 8. The standard InChI is InChI=1S/C18H20N4O5/c1-2-6-20-18(23)27-14-10-26-15-12(9-25-16(14)15)22-17-19-7-5-11(21-17)13-4-3-8-24-13/h2-5,7-8,12,14-16H,1,6,9-10H2,(H,20,23)(H,19,21,22)/t12-,14-,15-,16+/m0/s1. The van der Waals surface area contributed by atoms with E-state index in [1.807, 2.05) is 6.07 Å². The van der Waals surface area contributed by atoms with Crippen LogP contribution in [0.4, 0.5) is 10.7 Å². The van der Waals surface area contributed by atoms with Gasteiger partial charge in [0.25, 0.3) is 0 Å². The summed E-state index contributed by atoms with van der Waals surface area (Å²) in [5, 5.41) is 5.81. The largest absolute Gasteiger partial charge is 0.463 e. The minimum Gasteiger partial charge on any atom is -0.463 e. The molecule has 2 aliphatic heterocycles. The lowest BCUT2D eigenvalue weighted by atomic mass is 10.1. The van der Waals surface area contributed by atoms with Crippen molar-refractivity contribution in [3.8, 4) is 11.5 Å². The van der Waals surface area contributed by atoms with Crippen LogP contribution in [0.5, 0.6) is 0 Å². The van der Waals surface area contributed by atoms with Crippen molar-refractivity contribution in [3.63, 3.8) is 0 Å². The quantitative estimate of drug-likeness (QED) is 0.736. The molecule has 4 rings (SSSR count). The molecule has 27 heavy (non-hydrogen) atoms. The van der Waals surface area contributed by atoms with E-state index in [9.17, 15) is 4.79 Å². The average molecular weight is 372 g/mol. The van der Waals surface area contributed by atoms with Gasteiger partial charge in [0.15, 0.2) is 11.9 Å². The number of nitrogens with zero attached hydrogens (tertiary/aromatic N) is 2. The van der Waals surface area contributed by atoms with Crippen molar-refractivity contribution in [2.45, 2.75) is 24.4 Å². The Bertz CT molecular complexity index is 797. The summed E-state index contributed by atoms with van der Waals surface area (Å²) in [6, 6.07) is 5.26. The van der Waals surface area contributed by atoms with Crippen molar-refractivity contribution in [1.82, 2.24) is 15.3 Å². The van der Waals surface area contributed by atoms with Crippen LogP contribution in [0.15, 0.2) is 47.7 Å². The van der Waals surface area contributed by atoms with E-state index < -0.39 is 12.2 Å². The molecule has 2 aliphatic rings. The first kappa shape index (κ1) is 17.5. The Morgan fingerprint density at radius 1 is 1.33 bits per heavy atom. The van der Waals surface area contributed by atoms with Gasteiger partial charge in [0.05, 0.1) is 25.5 Å². The average Bonchev–Trinajstić information content (AvgIpc) is 3.41. The number of fused-ring (bicyclic) bond motifs is 1. The molecule has 2 N–H and O–H groups in total. The van der Waals surface area contributed by atoms with Crippen molar-refractivity contribution in [3.05, 3.63) is 43.3 Å². The number of hydrogen-bond donors (Lipinski definition) is 2. The molecular weight excluding hydrogens is 352 g/mol. The van der Waals surface area contributed by atoms with Gasteiger partial charge < -0.3 is 29.3 Å². The van der Waals surface area contributed by atoms with Gasteiger partial charge in [-0.3, -0.25) is 0 Å². The smallest absolute Gasteiger partial charge is 0.407 e. The highest BCUT2D eigenvalue weighted by Gasteiger charge is 2.49. The number of rotatable bonds is 6. The fourth-order valence-electron chi connectivity index (χ4n) is 3.18. The molecule has 0 aliphatic carbocycles. The van der Waals surface area contributed by atoms with E-state index in [4.69, 9.17) is 18.6 Å². The molecule has 2 fully saturated rings. The lowest BCUT2D eigenvalue weighted by Crippen LogP contribution is -2.39. The Hall–Kier alpha value is -2.91. The predicted octanol–water partition coefficient (Wildman–Crippen LogP) is 1.60. The summed E-state index contributed by atoms with van der Waals surface area (Å²) in [7, 11) is 0. The molecule has 2 aromatic rings. The van der Waals surface area contributed by atoms with E-state index >= 15 is 0 Å². The summed E-state index contributed by atoms with van der Waals surface area (Å²) < 4.78 is 22.3. The Labute approximate surface area is 155 Å². The van der Waals surface area contributed by atoms with E-state index in [0.29, 0.717) is 30.6 Å². The monoisotopic (exact) mass is 372 g/mol. The van der Waals surface area contributed by atoms with E-state index in [0.717, 1.165) is 0 Å². The van der Waals surface area contributed by atoms with Crippen LogP contribution in [0.3, 0.4) is 0 Å². The van der Waals surface area contributed by atoms with Gasteiger partial charge in [0.2, 0.25) is 5.95 Å².